The topological polar surface area (TPSA) is 79.5 Å². The molecule has 8 rings (SSSR count). The summed E-state index contributed by atoms with van der Waals surface area (Å²) in [5, 5.41) is 1.06. The van der Waals surface area contributed by atoms with Crippen LogP contribution in [0.1, 0.15) is 28.3 Å². The van der Waals surface area contributed by atoms with Crippen LogP contribution in [0.5, 0.6) is 11.5 Å². The number of anilines is 1. The van der Waals surface area contributed by atoms with Crippen molar-refractivity contribution in [1.29, 1.82) is 0 Å². The molecule has 2 amide bonds. The van der Waals surface area contributed by atoms with Crippen molar-refractivity contribution in [2.24, 2.45) is 29.6 Å². The zero-order valence-electron chi connectivity index (χ0n) is 21.7. The highest BCUT2D eigenvalue weighted by molar-refractivity contribution is 8.00. The monoisotopic (exact) mass is 566 g/mol. The third-order valence-corrected chi connectivity index (χ3v) is 11.8. The van der Waals surface area contributed by atoms with Crippen LogP contribution < -0.4 is 14.5 Å². The molecule has 40 heavy (non-hydrogen) atoms. The Labute approximate surface area is 239 Å². The molecule has 3 heterocycles. The maximum atomic E-state index is 13.9. The minimum absolute atomic E-state index is 0.0446. The minimum atomic E-state index is -0.316. The first-order valence-corrected chi connectivity index (χ1v) is 15.3. The van der Waals surface area contributed by atoms with Gasteiger partial charge in [0.25, 0.3) is 0 Å². The largest absolute Gasteiger partial charge is 0.457 e. The Kier molecular flexibility index (Phi) is 5.41. The number of nitrogens with zero attached hydrogens (tertiary/aromatic N) is 1. The van der Waals surface area contributed by atoms with E-state index in [-0.39, 0.29) is 57.4 Å². The second kappa shape index (κ2) is 8.94. The van der Waals surface area contributed by atoms with Gasteiger partial charge in [0.15, 0.2) is 0 Å². The molecular weight excluding hydrogens is 540 g/mol. The Balaban J connectivity index is 1.19. The molecule has 7 atom stereocenters. The van der Waals surface area contributed by atoms with Crippen LogP contribution >= 0.6 is 23.1 Å². The Morgan fingerprint density at radius 3 is 2.35 bits per heavy atom. The standard InChI is InChI=1S/C32H26N2O4S2/c1-16-10-12-18(13-11-16)34-30(35)25-21-15-22(26(25)31(34)36)27-24(21)23(28-29(39-27)33-32(37)40-28)17-6-5-9-20(14-17)38-19-7-3-2-4-8-19/h2-14,21-27H,15H2,1H3,(H,33,37)/t21-,22-,23+,24+,25+,26+,27-/m1/s1. The molecule has 200 valence electrons. The smallest absolute Gasteiger partial charge is 0.305 e. The van der Waals surface area contributed by atoms with Crippen molar-refractivity contribution in [1.82, 2.24) is 4.98 Å². The summed E-state index contributed by atoms with van der Waals surface area (Å²) in [6, 6.07) is 25.5. The molecule has 3 aromatic carbocycles. The lowest BCUT2D eigenvalue weighted by Gasteiger charge is -2.43. The highest BCUT2D eigenvalue weighted by atomic mass is 32.2. The number of fused-ring (bicyclic) bond motifs is 9. The normalized spacial score (nSPS) is 29.8. The number of para-hydroxylation sites is 1. The maximum absolute atomic E-state index is 13.9. The number of H-pyrrole nitrogens is 1. The second-order valence-corrected chi connectivity index (χ2v) is 13.5. The number of amides is 2. The van der Waals surface area contributed by atoms with Crippen molar-refractivity contribution in [2.45, 2.75) is 29.5 Å². The van der Waals surface area contributed by atoms with Gasteiger partial charge < -0.3 is 9.72 Å². The van der Waals surface area contributed by atoms with Gasteiger partial charge in [0.05, 0.1) is 22.5 Å². The Hall–Kier alpha value is -3.62. The molecule has 8 heteroatoms. The number of nitrogens with one attached hydrogen (secondary N) is 1. The molecule has 1 aromatic heterocycles. The summed E-state index contributed by atoms with van der Waals surface area (Å²) in [6.07, 6.45) is 0.868. The Morgan fingerprint density at radius 2 is 1.57 bits per heavy atom. The van der Waals surface area contributed by atoms with Gasteiger partial charge in [-0.2, -0.15) is 0 Å². The predicted octanol–water partition coefficient (Wildman–Crippen LogP) is 6.22. The number of thioether (sulfide) groups is 1. The summed E-state index contributed by atoms with van der Waals surface area (Å²) in [6.45, 7) is 2.00. The van der Waals surface area contributed by atoms with Gasteiger partial charge in [-0.25, -0.2) is 0 Å². The molecule has 2 bridgehead atoms. The fraction of sp³-hybridized carbons (Fsp3) is 0.281. The molecule has 1 saturated heterocycles. The lowest BCUT2D eigenvalue weighted by atomic mass is 9.68. The lowest BCUT2D eigenvalue weighted by molar-refractivity contribution is -0.123. The van der Waals surface area contributed by atoms with E-state index in [1.807, 2.05) is 73.7 Å². The van der Waals surface area contributed by atoms with E-state index in [1.165, 1.54) is 16.2 Å². The molecule has 4 aliphatic rings. The predicted molar refractivity (Wildman–Crippen MR) is 155 cm³/mol. The van der Waals surface area contributed by atoms with Crippen molar-refractivity contribution >= 4 is 40.6 Å². The zero-order valence-corrected chi connectivity index (χ0v) is 23.3. The van der Waals surface area contributed by atoms with Crippen LogP contribution in [0.3, 0.4) is 0 Å². The Bertz CT molecular complexity index is 1710. The van der Waals surface area contributed by atoms with Crippen LogP contribution in [0.25, 0.3) is 0 Å². The van der Waals surface area contributed by atoms with E-state index in [0.717, 1.165) is 38.9 Å². The third kappa shape index (κ3) is 3.52. The van der Waals surface area contributed by atoms with Crippen LogP contribution in [0, 0.1) is 36.5 Å². The van der Waals surface area contributed by atoms with Crippen molar-refractivity contribution in [3.8, 4) is 11.5 Å². The van der Waals surface area contributed by atoms with Gasteiger partial charge in [0.2, 0.25) is 11.8 Å². The molecule has 2 saturated carbocycles. The summed E-state index contributed by atoms with van der Waals surface area (Å²) in [5.41, 5.74) is 2.83. The molecule has 0 unspecified atom stereocenters. The van der Waals surface area contributed by atoms with Crippen LogP contribution in [-0.2, 0) is 9.59 Å². The number of benzene rings is 3. The summed E-state index contributed by atoms with van der Waals surface area (Å²) in [4.78, 5) is 45.8. The summed E-state index contributed by atoms with van der Waals surface area (Å²) in [7, 11) is 0. The van der Waals surface area contributed by atoms with E-state index in [9.17, 15) is 14.4 Å². The average molecular weight is 567 g/mol. The van der Waals surface area contributed by atoms with Crippen molar-refractivity contribution in [3.05, 3.63) is 105 Å². The zero-order chi connectivity index (χ0) is 27.1. The number of aryl methyl sites for hydroxylation is 1. The first kappa shape index (κ1) is 24.2. The van der Waals surface area contributed by atoms with Crippen molar-refractivity contribution in [3.63, 3.8) is 0 Å². The molecule has 2 aliphatic heterocycles. The van der Waals surface area contributed by atoms with Crippen molar-refractivity contribution in [2.75, 3.05) is 4.90 Å². The molecule has 4 aromatic rings. The molecular formula is C32H26N2O4S2. The second-order valence-electron chi connectivity index (χ2n) is 11.3. The first-order valence-electron chi connectivity index (χ1n) is 13.6. The highest BCUT2D eigenvalue weighted by Gasteiger charge is 2.69. The molecule has 2 aliphatic carbocycles. The van der Waals surface area contributed by atoms with Gasteiger partial charge in [-0.1, -0.05) is 59.4 Å². The number of carbonyl (C=O) groups excluding carboxylic acids is 2. The molecule has 0 spiro atoms. The number of ether oxygens (including phenoxy) is 1. The minimum Gasteiger partial charge on any atom is -0.457 e. The van der Waals surface area contributed by atoms with E-state index in [1.54, 1.807) is 11.8 Å². The molecule has 1 N–H and O–H groups in total. The van der Waals surface area contributed by atoms with Crippen LogP contribution in [0.2, 0.25) is 0 Å². The number of aromatic nitrogens is 1. The van der Waals surface area contributed by atoms with E-state index < -0.39 is 0 Å². The summed E-state index contributed by atoms with van der Waals surface area (Å²) >= 11 is 2.98. The van der Waals surface area contributed by atoms with Gasteiger partial charge in [0, 0.05) is 16.0 Å². The van der Waals surface area contributed by atoms with E-state index in [4.69, 9.17) is 4.74 Å². The van der Waals surface area contributed by atoms with E-state index in [2.05, 4.69) is 17.1 Å². The third-order valence-electron chi connectivity index (χ3n) is 9.21. The Morgan fingerprint density at radius 1 is 0.850 bits per heavy atom. The number of aromatic amines is 1. The number of thiazole rings is 1. The van der Waals surface area contributed by atoms with Gasteiger partial charge in [-0.3, -0.25) is 19.3 Å². The van der Waals surface area contributed by atoms with Crippen LogP contribution in [-0.4, -0.2) is 22.0 Å². The summed E-state index contributed by atoms with van der Waals surface area (Å²) in [5.74, 6) is 1.03. The van der Waals surface area contributed by atoms with E-state index in [0.29, 0.717) is 5.69 Å². The maximum Gasteiger partial charge on any atom is 0.305 e. The van der Waals surface area contributed by atoms with Gasteiger partial charge >= 0.3 is 4.87 Å². The van der Waals surface area contributed by atoms with Crippen molar-refractivity contribution < 1.29 is 14.3 Å². The quantitative estimate of drug-likeness (QED) is 0.297. The number of hydrogen-bond acceptors (Lipinski definition) is 6. The number of hydrogen-bond donors (Lipinski definition) is 1. The number of rotatable bonds is 4. The summed E-state index contributed by atoms with van der Waals surface area (Å²) < 4.78 is 6.17. The number of carbonyl (C=O) groups is 2. The van der Waals surface area contributed by atoms with Gasteiger partial charge in [-0.05, 0) is 73.1 Å². The van der Waals surface area contributed by atoms with Gasteiger partial charge in [0.1, 0.15) is 11.5 Å². The molecule has 3 fully saturated rings. The average Bonchev–Trinajstić information content (AvgIpc) is 3.69. The lowest BCUT2D eigenvalue weighted by Crippen LogP contribution is -2.42. The van der Waals surface area contributed by atoms with E-state index >= 15 is 0 Å². The highest BCUT2D eigenvalue weighted by Crippen LogP contribution is 2.68. The first-order chi connectivity index (χ1) is 19.5. The fourth-order valence-corrected chi connectivity index (χ4v) is 10.6. The SMILES string of the molecule is Cc1ccc(N2C(=O)[C@H]3[C@H]4C[C@@H]([C@@H]3C2=O)[C@H]2[C@H](c3cccc(Oc5ccccc5)c3)c3sc(=O)[nH]c3S[C@H]42)cc1. The van der Waals surface area contributed by atoms with Crippen LogP contribution in [0.15, 0.2) is 88.7 Å². The molecule has 0 radical (unpaired) electrons. The van der Waals surface area contributed by atoms with Crippen LogP contribution in [0.4, 0.5) is 5.69 Å². The fourth-order valence-electron chi connectivity index (χ4n) is 7.73. The molecule has 6 nitrogen and oxygen atoms in total. The van der Waals surface area contributed by atoms with Gasteiger partial charge in [-0.15, -0.1) is 11.8 Å². The number of imide groups is 1.